The van der Waals surface area contributed by atoms with Crippen molar-refractivity contribution < 1.29 is 26.7 Å². The predicted octanol–water partition coefficient (Wildman–Crippen LogP) is 6.55. The molecule has 208 valence electrons. The van der Waals surface area contributed by atoms with Crippen LogP contribution in [0.4, 0.5) is 13.6 Å². The van der Waals surface area contributed by atoms with Crippen LogP contribution in [0.15, 0.2) is 71.8 Å². The van der Waals surface area contributed by atoms with Crippen LogP contribution in [0.3, 0.4) is 0 Å². The first-order chi connectivity index (χ1) is 18.9. The number of halogens is 2. The summed E-state index contributed by atoms with van der Waals surface area (Å²) in [6.07, 6.45) is 3.06. The van der Waals surface area contributed by atoms with Crippen LogP contribution in [0.25, 0.3) is 27.7 Å². The molecule has 0 bridgehead atoms. The number of carbonyl (C=O) groups is 1. The maximum absolute atomic E-state index is 14.9. The van der Waals surface area contributed by atoms with Gasteiger partial charge in [-0.2, -0.15) is 0 Å². The van der Waals surface area contributed by atoms with Gasteiger partial charge in [0, 0.05) is 30.2 Å². The molecule has 0 unspecified atom stereocenters. The predicted molar refractivity (Wildman–Crippen MR) is 149 cm³/mol. The number of hydrogen-bond acceptors (Lipinski definition) is 5. The maximum Gasteiger partial charge on any atom is 0.410 e. The second kappa shape index (κ2) is 10.2. The summed E-state index contributed by atoms with van der Waals surface area (Å²) in [4.78, 5) is 18.6. The largest absolute Gasteiger partial charge is 0.444 e. The van der Waals surface area contributed by atoms with E-state index in [1.807, 2.05) is 6.92 Å². The first-order valence-corrected chi connectivity index (χ1v) is 14.3. The molecular weight excluding hydrogens is 536 g/mol. The first kappa shape index (κ1) is 27.5. The number of aromatic nitrogens is 2. The van der Waals surface area contributed by atoms with E-state index < -0.39 is 33.4 Å². The van der Waals surface area contributed by atoms with Crippen molar-refractivity contribution in [2.75, 3.05) is 13.1 Å². The molecule has 7 nitrogen and oxygen atoms in total. The number of fused-ring (bicyclic) bond motifs is 1. The molecule has 1 aliphatic heterocycles. The van der Waals surface area contributed by atoms with E-state index in [-0.39, 0.29) is 22.7 Å². The lowest BCUT2D eigenvalue weighted by Gasteiger charge is -2.29. The molecule has 1 amide bonds. The first-order valence-electron chi connectivity index (χ1n) is 12.8. The van der Waals surface area contributed by atoms with E-state index in [4.69, 9.17) is 4.74 Å². The van der Waals surface area contributed by atoms with E-state index in [0.29, 0.717) is 35.2 Å². The van der Waals surface area contributed by atoms with Gasteiger partial charge in [0.15, 0.2) is 17.3 Å². The van der Waals surface area contributed by atoms with Gasteiger partial charge in [-0.1, -0.05) is 35.9 Å². The lowest BCUT2D eigenvalue weighted by molar-refractivity contribution is 0.0270. The third-order valence-corrected chi connectivity index (χ3v) is 8.37. The molecule has 0 atom stereocenters. The molecule has 4 aromatic rings. The molecule has 0 saturated heterocycles. The average Bonchev–Trinajstić information content (AvgIpc) is 3.30. The number of aryl methyl sites for hydroxylation is 1. The van der Waals surface area contributed by atoms with Gasteiger partial charge in [0.1, 0.15) is 5.60 Å². The zero-order chi connectivity index (χ0) is 28.8. The molecule has 0 aliphatic carbocycles. The van der Waals surface area contributed by atoms with Crippen LogP contribution in [-0.4, -0.2) is 47.1 Å². The van der Waals surface area contributed by atoms with Crippen molar-refractivity contribution in [1.29, 1.82) is 0 Å². The normalized spacial score (nSPS) is 14.3. The Labute approximate surface area is 231 Å². The standard InChI is InChI=1S/C30H29F2N3O4S/c1-19-8-10-21(11-9-19)40(37,38)35-26(20-13-16-34(17-14-20)29(36)39-30(2,3)4)18-24-22(12-15-33-28(24)35)23-6-5-7-25(31)27(23)32/h5-13,15,18H,14,16-17H2,1-4H3. The minimum absolute atomic E-state index is 0.00226. The second-order valence-corrected chi connectivity index (χ2v) is 12.5. The maximum atomic E-state index is 14.9. The Kier molecular flexibility index (Phi) is 6.99. The summed E-state index contributed by atoms with van der Waals surface area (Å²) in [7, 11) is -4.15. The zero-order valence-corrected chi connectivity index (χ0v) is 23.4. The van der Waals surface area contributed by atoms with Gasteiger partial charge in [0.25, 0.3) is 10.0 Å². The molecule has 0 saturated carbocycles. The average molecular weight is 566 g/mol. The van der Waals surface area contributed by atoms with E-state index in [0.717, 1.165) is 15.6 Å². The minimum Gasteiger partial charge on any atom is -0.444 e. The fraction of sp³-hybridized carbons (Fsp3) is 0.267. The van der Waals surface area contributed by atoms with Crippen LogP contribution < -0.4 is 0 Å². The Balaban J connectivity index is 1.69. The van der Waals surface area contributed by atoms with Crippen molar-refractivity contribution in [2.45, 2.75) is 44.6 Å². The highest BCUT2D eigenvalue weighted by Crippen LogP contribution is 2.37. The van der Waals surface area contributed by atoms with Gasteiger partial charge in [-0.05, 0) is 75.6 Å². The molecule has 10 heteroatoms. The summed E-state index contributed by atoms with van der Waals surface area (Å²) in [5, 5.41) is 0.355. The number of carbonyl (C=O) groups excluding carboxylic acids is 1. The Bertz CT molecular complexity index is 1750. The van der Waals surface area contributed by atoms with Crippen LogP contribution in [-0.2, 0) is 14.8 Å². The van der Waals surface area contributed by atoms with Crippen molar-refractivity contribution >= 4 is 32.7 Å². The summed E-state index contributed by atoms with van der Waals surface area (Å²) in [5.41, 5.74) is 1.67. The Morgan fingerprint density at radius 2 is 1.75 bits per heavy atom. The molecule has 1 aliphatic rings. The van der Waals surface area contributed by atoms with Crippen molar-refractivity contribution in [3.63, 3.8) is 0 Å². The number of hydrogen-bond donors (Lipinski definition) is 0. The monoisotopic (exact) mass is 565 g/mol. The van der Waals surface area contributed by atoms with Crippen LogP contribution in [0.2, 0.25) is 0 Å². The third-order valence-electron chi connectivity index (χ3n) is 6.65. The molecule has 0 N–H and O–H groups in total. The number of nitrogens with zero attached hydrogens (tertiary/aromatic N) is 3. The minimum atomic E-state index is -4.15. The lowest BCUT2D eigenvalue weighted by atomic mass is 10.0. The highest BCUT2D eigenvalue weighted by atomic mass is 32.2. The molecule has 0 spiro atoms. The summed E-state index contributed by atoms with van der Waals surface area (Å²) in [6, 6.07) is 13.5. The van der Waals surface area contributed by atoms with Gasteiger partial charge in [0.2, 0.25) is 0 Å². The summed E-state index contributed by atoms with van der Waals surface area (Å²) in [5.74, 6) is -2.04. The number of amides is 1. The van der Waals surface area contributed by atoms with Gasteiger partial charge in [-0.25, -0.2) is 30.9 Å². The molecule has 0 fully saturated rings. The quantitative estimate of drug-likeness (QED) is 0.280. The van der Waals surface area contributed by atoms with E-state index >= 15 is 0 Å². The number of ether oxygens (including phenoxy) is 1. The third kappa shape index (κ3) is 5.11. The molecule has 2 aromatic heterocycles. The SMILES string of the molecule is Cc1ccc(S(=O)(=O)n2c(C3=CCN(C(=O)OC(C)(C)C)CC3)cc3c(-c4cccc(F)c4F)ccnc32)cc1. The fourth-order valence-corrected chi connectivity index (χ4v) is 6.19. The van der Waals surface area contributed by atoms with Crippen molar-refractivity contribution in [3.05, 3.63) is 89.8 Å². The van der Waals surface area contributed by atoms with Gasteiger partial charge >= 0.3 is 6.09 Å². The topological polar surface area (TPSA) is 81.5 Å². The van der Waals surface area contributed by atoms with Crippen molar-refractivity contribution in [3.8, 4) is 11.1 Å². The molecule has 5 rings (SSSR count). The Hall–Kier alpha value is -4.05. The number of benzene rings is 2. The fourth-order valence-electron chi connectivity index (χ4n) is 4.70. The smallest absolute Gasteiger partial charge is 0.410 e. The van der Waals surface area contributed by atoms with E-state index in [2.05, 4.69) is 4.98 Å². The van der Waals surface area contributed by atoms with E-state index in [1.165, 1.54) is 36.5 Å². The second-order valence-electron chi connectivity index (χ2n) is 10.7. The van der Waals surface area contributed by atoms with Gasteiger partial charge < -0.3 is 9.64 Å². The lowest BCUT2D eigenvalue weighted by Crippen LogP contribution is -2.39. The molecule has 3 heterocycles. The summed E-state index contributed by atoms with van der Waals surface area (Å²) in [6.45, 7) is 7.75. The molecular formula is C30H29F2N3O4S. The Morgan fingerprint density at radius 1 is 1.02 bits per heavy atom. The summed E-state index contributed by atoms with van der Waals surface area (Å²) >= 11 is 0. The van der Waals surface area contributed by atoms with Gasteiger partial charge in [-0.15, -0.1) is 0 Å². The summed E-state index contributed by atoms with van der Waals surface area (Å²) < 4.78 is 63.8. The molecule has 40 heavy (non-hydrogen) atoms. The van der Waals surface area contributed by atoms with Gasteiger partial charge in [0.05, 0.1) is 10.6 Å². The molecule has 0 radical (unpaired) electrons. The van der Waals surface area contributed by atoms with Crippen molar-refractivity contribution in [1.82, 2.24) is 13.9 Å². The molecule has 2 aromatic carbocycles. The van der Waals surface area contributed by atoms with E-state index in [1.54, 1.807) is 49.9 Å². The zero-order valence-electron chi connectivity index (χ0n) is 22.6. The van der Waals surface area contributed by atoms with Crippen LogP contribution in [0.1, 0.15) is 38.4 Å². The van der Waals surface area contributed by atoms with E-state index in [9.17, 15) is 22.0 Å². The van der Waals surface area contributed by atoms with Crippen LogP contribution >= 0.6 is 0 Å². The highest BCUT2D eigenvalue weighted by Gasteiger charge is 2.30. The number of pyridine rings is 1. The van der Waals surface area contributed by atoms with Crippen LogP contribution in [0.5, 0.6) is 0 Å². The Morgan fingerprint density at radius 3 is 2.40 bits per heavy atom. The van der Waals surface area contributed by atoms with Crippen LogP contribution in [0, 0.1) is 18.6 Å². The van der Waals surface area contributed by atoms with Gasteiger partial charge in [-0.3, -0.25) is 0 Å². The number of rotatable bonds is 4. The highest BCUT2D eigenvalue weighted by molar-refractivity contribution is 7.90. The van der Waals surface area contributed by atoms with Crippen molar-refractivity contribution in [2.24, 2.45) is 0 Å².